The van der Waals surface area contributed by atoms with Crippen LogP contribution in [0.4, 0.5) is 8.78 Å². The van der Waals surface area contributed by atoms with E-state index in [4.69, 9.17) is 9.47 Å². The third-order valence-electron chi connectivity index (χ3n) is 4.12. The van der Waals surface area contributed by atoms with Crippen molar-refractivity contribution < 1.29 is 18.3 Å². The summed E-state index contributed by atoms with van der Waals surface area (Å²) < 4.78 is 37.6. The average Bonchev–Trinajstić information content (AvgIpc) is 3.09. The first kappa shape index (κ1) is 21.2. The highest BCUT2D eigenvalue weighted by molar-refractivity contribution is 14.0. The van der Waals surface area contributed by atoms with Gasteiger partial charge >= 0.3 is 0 Å². The van der Waals surface area contributed by atoms with Gasteiger partial charge in [-0.15, -0.1) is 24.0 Å². The second-order valence-electron chi connectivity index (χ2n) is 6.00. The molecule has 0 saturated heterocycles. The van der Waals surface area contributed by atoms with Crippen LogP contribution in [0.1, 0.15) is 11.1 Å². The van der Waals surface area contributed by atoms with Crippen LogP contribution in [-0.2, 0) is 13.0 Å². The predicted octanol–water partition coefficient (Wildman–Crippen LogP) is 3.56. The van der Waals surface area contributed by atoms with Gasteiger partial charge in [0.1, 0.15) is 11.6 Å². The van der Waals surface area contributed by atoms with E-state index in [0.717, 1.165) is 29.2 Å². The van der Waals surface area contributed by atoms with Gasteiger partial charge in [0.2, 0.25) is 6.79 Å². The molecule has 0 spiro atoms. The number of aliphatic imine (C=N–C) groups is 1. The predicted molar refractivity (Wildman–Crippen MR) is 111 cm³/mol. The fourth-order valence-electron chi connectivity index (χ4n) is 2.82. The minimum absolute atomic E-state index is 0. The van der Waals surface area contributed by atoms with Gasteiger partial charge < -0.3 is 19.7 Å². The number of halogens is 3. The molecule has 1 aliphatic heterocycles. The maximum absolute atomic E-state index is 13.7. The average molecular weight is 489 g/mol. The van der Waals surface area contributed by atoms with Crippen LogP contribution in [-0.4, -0.2) is 38.3 Å². The van der Waals surface area contributed by atoms with Crippen LogP contribution in [0.15, 0.2) is 41.4 Å². The molecule has 0 aliphatic carbocycles. The maximum atomic E-state index is 13.7. The van der Waals surface area contributed by atoms with E-state index in [0.29, 0.717) is 31.0 Å². The molecule has 1 aliphatic rings. The summed E-state index contributed by atoms with van der Waals surface area (Å²) >= 11 is 0. The molecule has 2 aromatic rings. The zero-order valence-corrected chi connectivity index (χ0v) is 17.5. The monoisotopic (exact) mass is 489 g/mol. The Balaban J connectivity index is 0.00000261. The number of guanidine groups is 1. The fraction of sp³-hybridized carbons (Fsp3) is 0.316. The first-order valence-electron chi connectivity index (χ1n) is 8.31. The van der Waals surface area contributed by atoms with Gasteiger partial charge in [0, 0.05) is 27.2 Å². The zero-order valence-electron chi connectivity index (χ0n) is 15.2. The van der Waals surface area contributed by atoms with Gasteiger partial charge in [0.05, 0.1) is 0 Å². The standard InChI is InChI=1S/C19H21F2N3O2.HI/c1-22-19(23-8-7-14-10-15(20)4-5-16(14)21)24(2)11-13-3-6-17-18(9-13)26-12-25-17;/h3-6,9-10H,7-8,11-12H2,1-2H3,(H,22,23);1H. The smallest absolute Gasteiger partial charge is 0.231 e. The van der Waals surface area contributed by atoms with Crippen LogP contribution in [0.5, 0.6) is 11.5 Å². The second-order valence-corrected chi connectivity index (χ2v) is 6.00. The number of benzene rings is 2. The van der Waals surface area contributed by atoms with Gasteiger partial charge in [-0.3, -0.25) is 4.99 Å². The molecule has 0 radical (unpaired) electrons. The summed E-state index contributed by atoms with van der Waals surface area (Å²) in [6, 6.07) is 9.27. The summed E-state index contributed by atoms with van der Waals surface area (Å²) in [7, 11) is 3.59. The normalized spacial score (nSPS) is 12.5. The Labute approximate surface area is 174 Å². The van der Waals surface area contributed by atoms with Crippen molar-refractivity contribution in [2.24, 2.45) is 4.99 Å². The first-order chi connectivity index (χ1) is 12.6. The van der Waals surface area contributed by atoms with E-state index >= 15 is 0 Å². The lowest BCUT2D eigenvalue weighted by Gasteiger charge is -2.22. The van der Waals surface area contributed by atoms with E-state index in [9.17, 15) is 8.78 Å². The van der Waals surface area contributed by atoms with Crippen LogP contribution in [0, 0.1) is 11.6 Å². The maximum Gasteiger partial charge on any atom is 0.231 e. The highest BCUT2D eigenvalue weighted by atomic mass is 127. The van der Waals surface area contributed by atoms with Crippen molar-refractivity contribution in [3.8, 4) is 11.5 Å². The lowest BCUT2D eigenvalue weighted by atomic mass is 10.1. The molecule has 0 bridgehead atoms. The molecule has 0 atom stereocenters. The van der Waals surface area contributed by atoms with Crippen molar-refractivity contribution >= 4 is 29.9 Å². The molecule has 1 N–H and O–H groups in total. The van der Waals surface area contributed by atoms with Crippen LogP contribution in [0.25, 0.3) is 0 Å². The summed E-state index contributed by atoms with van der Waals surface area (Å²) in [4.78, 5) is 6.18. The molecule has 0 fully saturated rings. The molecule has 0 aromatic heterocycles. The third kappa shape index (κ3) is 5.44. The molecular weight excluding hydrogens is 467 g/mol. The van der Waals surface area contributed by atoms with E-state index in [1.165, 1.54) is 6.07 Å². The quantitative estimate of drug-likeness (QED) is 0.397. The summed E-state index contributed by atoms with van der Waals surface area (Å²) in [5.41, 5.74) is 1.39. The Hall–Kier alpha value is -2.10. The topological polar surface area (TPSA) is 46.1 Å². The molecule has 146 valence electrons. The number of hydrogen-bond donors (Lipinski definition) is 1. The molecule has 2 aromatic carbocycles. The Morgan fingerprint density at radius 3 is 2.70 bits per heavy atom. The number of fused-ring (bicyclic) bond motifs is 1. The van der Waals surface area contributed by atoms with Crippen molar-refractivity contribution in [2.75, 3.05) is 27.4 Å². The van der Waals surface area contributed by atoms with Gasteiger partial charge in [-0.25, -0.2) is 8.78 Å². The zero-order chi connectivity index (χ0) is 18.5. The summed E-state index contributed by atoms with van der Waals surface area (Å²) in [6.07, 6.45) is 0.362. The number of nitrogens with one attached hydrogen (secondary N) is 1. The van der Waals surface area contributed by atoms with E-state index in [2.05, 4.69) is 10.3 Å². The van der Waals surface area contributed by atoms with E-state index in [-0.39, 0.29) is 30.8 Å². The van der Waals surface area contributed by atoms with E-state index < -0.39 is 11.6 Å². The van der Waals surface area contributed by atoms with Crippen molar-refractivity contribution in [1.29, 1.82) is 0 Å². The minimum Gasteiger partial charge on any atom is -0.454 e. The molecule has 1 heterocycles. The molecule has 27 heavy (non-hydrogen) atoms. The molecule has 8 heteroatoms. The van der Waals surface area contributed by atoms with Gasteiger partial charge in [0.15, 0.2) is 17.5 Å². The van der Waals surface area contributed by atoms with Crippen LogP contribution in [0.3, 0.4) is 0 Å². The molecule has 0 unspecified atom stereocenters. The van der Waals surface area contributed by atoms with Crippen LogP contribution < -0.4 is 14.8 Å². The van der Waals surface area contributed by atoms with Gasteiger partial charge in [-0.1, -0.05) is 6.07 Å². The van der Waals surface area contributed by atoms with Crippen LogP contribution >= 0.6 is 24.0 Å². The lowest BCUT2D eigenvalue weighted by Crippen LogP contribution is -2.39. The van der Waals surface area contributed by atoms with Gasteiger partial charge in [-0.2, -0.15) is 0 Å². The van der Waals surface area contributed by atoms with Crippen molar-refractivity contribution in [3.05, 3.63) is 59.2 Å². The highest BCUT2D eigenvalue weighted by Gasteiger charge is 2.14. The van der Waals surface area contributed by atoms with Crippen molar-refractivity contribution in [3.63, 3.8) is 0 Å². The van der Waals surface area contributed by atoms with Crippen molar-refractivity contribution in [2.45, 2.75) is 13.0 Å². The Morgan fingerprint density at radius 1 is 1.15 bits per heavy atom. The van der Waals surface area contributed by atoms with Crippen LogP contribution in [0.2, 0.25) is 0 Å². The SMILES string of the molecule is CN=C(NCCc1cc(F)ccc1F)N(C)Cc1ccc2c(c1)OCO2.I. The molecule has 5 nitrogen and oxygen atoms in total. The Morgan fingerprint density at radius 2 is 1.93 bits per heavy atom. The minimum atomic E-state index is -0.439. The first-order valence-corrected chi connectivity index (χ1v) is 8.31. The van der Waals surface area contributed by atoms with Gasteiger partial charge in [-0.05, 0) is 47.9 Å². The largest absolute Gasteiger partial charge is 0.454 e. The molecule has 0 saturated carbocycles. The van der Waals surface area contributed by atoms with E-state index in [1.807, 2.05) is 30.1 Å². The van der Waals surface area contributed by atoms with Crippen molar-refractivity contribution in [1.82, 2.24) is 10.2 Å². The number of ether oxygens (including phenoxy) is 2. The summed E-state index contributed by atoms with van der Waals surface area (Å²) in [6.45, 7) is 1.30. The molecule has 3 rings (SSSR count). The number of hydrogen-bond acceptors (Lipinski definition) is 3. The lowest BCUT2D eigenvalue weighted by molar-refractivity contribution is 0.174. The fourth-order valence-corrected chi connectivity index (χ4v) is 2.82. The molecule has 0 amide bonds. The molecular formula is C19H22F2IN3O2. The summed E-state index contributed by atoms with van der Waals surface area (Å²) in [5, 5.41) is 3.17. The number of rotatable bonds is 5. The Kier molecular flexibility index (Phi) is 7.64. The van der Waals surface area contributed by atoms with Gasteiger partial charge in [0.25, 0.3) is 0 Å². The Bertz CT molecular complexity index is 818. The van der Waals surface area contributed by atoms with E-state index in [1.54, 1.807) is 7.05 Å². The third-order valence-corrected chi connectivity index (χ3v) is 4.12. The highest BCUT2D eigenvalue weighted by Crippen LogP contribution is 2.32. The second kappa shape index (κ2) is 9.72. The summed E-state index contributed by atoms with van der Waals surface area (Å²) in [5.74, 6) is 1.30. The number of nitrogens with zero attached hydrogens (tertiary/aromatic N) is 2.